The molecule has 0 saturated heterocycles. The average molecular weight is 456 g/mol. The molecule has 5 rings (SSSR count). The molecule has 2 aliphatic heterocycles. The summed E-state index contributed by atoms with van der Waals surface area (Å²) in [5, 5.41) is 6.49. The molecule has 1 atom stereocenters. The van der Waals surface area contributed by atoms with E-state index in [-0.39, 0.29) is 11.9 Å². The number of carbonyl (C=O) groups excluding carboxylic acids is 1. The fourth-order valence-corrected chi connectivity index (χ4v) is 4.84. The van der Waals surface area contributed by atoms with Crippen molar-refractivity contribution in [3.05, 3.63) is 95.1 Å². The largest absolute Gasteiger partial charge is 0.497 e. The van der Waals surface area contributed by atoms with E-state index in [1.54, 1.807) is 19.2 Å². The van der Waals surface area contributed by atoms with Crippen molar-refractivity contribution in [2.45, 2.75) is 25.4 Å². The minimum absolute atomic E-state index is 0.0137. The van der Waals surface area contributed by atoms with Gasteiger partial charge >= 0.3 is 0 Å². The van der Waals surface area contributed by atoms with Crippen LogP contribution >= 0.6 is 0 Å². The van der Waals surface area contributed by atoms with Crippen molar-refractivity contribution < 1.29 is 14.3 Å². The molecule has 0 radical (unpaired) electrons. The Balaban J connectivity index is 1.44. The first kappa shape index (κ1) is 22.2. The highest BCUT2D eigenvalue weighted by Crippen LogP contribution is 2.39. The Morgan fingerprint density at radius 2 is 1.74 bits per heavy atom. The van der Waals surface area contributed by atoms with Crippen LogP contribution in [0.1, 0.15) is 34.7 Å². The SMILES string of the molecule is COc1ccc(OC)c([C@H]2CC(c3ccccc3)=NN2C(=O)CN2CCc3ccccc3C2)c1. The molecule has 0 saturated carbocycles. The number of hydrogen-bond donors (Lipinski definition) is 0. The fourth-order valence-electron chi connectivity index (χ4n) is 4.84. The van der Waals surface area contributed by atoms with E-state index < -0.39 is 0 Å². The molecule has 0 N–H and O–H groups in total. The quantitative estimate of drug-likeness (QED) is 0.552. The van der Waals surface area contributed by atoms with Crippen LogP contribution in [0.4, 0.5) is 0 Å². The predicted octanol–water partition coefficient (Wildman–Crippen LogP) is 4.44. The Labute approximate surface area is 200 Å². The van der Waals surface area contributed by atoms with Crippen LogP contribution in [0.25, 0.3) is 0 Å². The highest BCUT2D eigenvalue weighted by Gasteiger charge is 2.36. The van der Waals surface area contributed by atoms with Crippen molar-refractivity contribution in [2.75, 3.05) is 27.3 Å². The molecule has 0 bridgehead atoms. The summed E-state index contributed by atoms with van der Waals surface area (Å²) in [5.74, 6) is 1.43. The van der Waals surface area contributed by atoms with E-state index in [0.29, 0.717) is 13.0 Å². The lowest BCUT2D eigenvalue weighted by Crippen LogP contribution is -2.40. The predicted molar refractivity (Wildman–Crippen MR) is 132 cm³/mol. The molecular formula is C28H29N3O3. The Morgan fingerprint density at radius 3 is 2.50 bits per heavy atom. The summed E-state index contributed by atoms with van der Waals surface area (Å²) < 4.78 is 11.1. The zero-order chi connectivity index (χ0) is 23.5. The number of hydrazone groups is 1. The van der Waals surface area contributed by atoms with Gasteiger partial charge in [-0.1, -0.05) is 54.6 Å². The number of ether oxygens (including phenoxy) is 2. The minimum atomic E-state index is -0.259. The van der Waals surface area contributed by atoms with Crippen LogP contribution < -0.4 is 9.47 Å². The lowest BCUT2D eigenvalue weighted by atomic mass is 9.97. The van der Waals surface area contributed by atoms with E-state index in [2.05, 4.69) is 29.2 Å². The second-order valence-corrected chi connectivity index (χ2v) is 8.71. The third-order valence-electron chi connectivity index (χ3n) is 6.64. The Kier molecular flexibility index (Phi) is 6.32. The van der Waals surface area contributed by atoms with Gasteiger partial charge < -0.3 is 9.47 Å². The number of fused-ring (bicyclic) bond motifs is 1. The van der Waals surface area contributed by atoms with E-state index in [4.69, 9.17) is 14.6 Å². The van der Waals surface area contributed by atoms with Gasteiger partial charge in [0.25, 0.3) is 5.91 Å². The van der Waals surface area contributed by atoms with Gasteiger partial charge in [-0.05, 0) is 41.3 Å². The van der Waals surface area contributed by atoms with Gasteiger partial charge in [0.2, 0.25) is 0 Å². The van der Waals surface area contributed by atoms with Crippen LogP contribution in [0.3, 0.4) is 0 Å². The molecule has 3 aromatic rings. The number of carbonyl (C=O) groups is 1. The average Bonchev–Trinajstić information content (AvgIpc) is 3.34. The number of hydrogen-bond acceptors (Lipinski definition) is 5. The summed E-state index contributed by atoms with van der Waals surface area (Å²) in [7, 11) is 3.29. The van der Waals surface area contributed by atoms with E-state index in [1.807, 2.05) is 48.5 Å². The van der Waals surface area contributed by atoms with Crippen molar-refractivity contribution >= 4 is 11.6 Å². The molecule has 1 amide bonds. The maximum absolute atomic E-state index is 13.6. The van der Waals surface area contributed by atoms with Crippen molar-refractivity contribution in [3.63, 3.8) is 0 Å². The van der Waals surface area contributed by atoms with Gasteiger partial charge in [0.15, 0.2) is 0 Å². The third kappa shape index (κ3) is 4.41. The number of amides is 1. The monoisotopic (exact) mass is 455 g/mol. The van der Waals surface area contributed by atoms with Gasteiger partial charge in [-0.15, -0.1) is 0 Å². The van der Waals surface area contributed by atoms with E-state index in [0.717, 1.165) is 47.8 Å². The molecule has 0 spiro atoms. The Hall–Kier alpha value is -3.64. The Bertz CT molecular complexity index is 1210. The van der Waals surface area contributed by atoms with Gasteiger partial charge in [0.1, 0.15) is 11.5 Å². The second-order valence-electron chi connectivity index (χ2n) is 8.71. The first-order valence-corrected chi connectivity index (χ1v) is 11.6. The number of rotatable bonds is 6. The zero-order valence-electron chi connectivity index (χ0n) is 19.6. The molecule has 34 heavy (non-hydrogen) atoms. The van der Waals surface area contributed by atoms with Crippen LogP contribution in [0.5, 0.6) is 11.5 Å². The summed E-state index contributed by atoms with van der Waals surface area (Å²) in [4.78, 5) is 15.9. The van der Waals surface area contributed by atoms with Crippen molar-refractivity contribution in [2.24, 2.45) is 5.10 Å². The molecule has 2 heterocycles. The normalized spacial score (nSPS) is 17.8. The topological polar surface area (TPSA) is 54.4 Å². The number of methoxy groups -OCH3 is 2. The van der Waals surface area contributed by atoms with Crippen LogP contribution in [-0.2, 0) is 17.8 Å². The highest BCUT2D eigenvalue weighted by atomic mass is 16.5. The molecule has 0 aromatic heterocycles. The summed E-state index contributed by atoms with van der Waals surface area (Å²) in [6.45, 7) is 1.96. The molecule has 6 heteroatoms. The summed E-state index contributed by atoms with van der Waals surface area (Å²) in [6, 6.07) is 24.0. The number of benzene rings is 3. The Morgan fingerprint density at radius 1 is 0.971 bits per heavy atom. The van der Waals surface area contributed by atoms with Gasteiger partial charge in [-0.3, -0.25) is 9.69 Å². The molecule has 6 nitrogen and oxygen atoms in total. The molecule has 0 unspecified atom stereocenters. The summed E-state index contributed by atoms with van der Waals surface area (Å²) >= 11 is 0. The maximum Gasteiger partial charge on any atom is 0.257 e. The second kappa shape index (κ2) is 9.69. The first-order valence-electron chi connectivity index (χ1n) is 11.6. The minimum Gasteiger partial charge on any atom is -0.497 e. The standard InChI is InChI=1S/C28H29N3O3/c1-33-23-12-13-27(34-2)24(16-23)26-17-25(21-9-4-3-5-10-21)29-31(26)28(32)19-30-15-14-20-8-6-7-11-22(20)18-30/h3-13,16,26H,14-15,17-19H2,1-2H3/t26-/m1/s1. The molecule has 2 aliphatic rings. The van der Waals surface area contributed by atoms with Crippen molar-refractivity contribution in [3.8, 4) is 11.5 Å². The molecular weight excluding hydrogens is 426 g/mol. The smallest absolute Gasteiger partial charge is 0.257 e. The van der Waals surface area contributed by atoms with E-state index >= 15 is 0 Å². The van der Waals surface area contributed by atoms with Crippen molar-refractivity contribution in [1.82, 2.24) is 9.91 Å². The molecule has 0 aliphatic carbocycles. The van der Waals surface area contributed by atoms with Gasteiger partial charge in [0, 0.05) is 25.1 Å². The summed E-state index contributed by atoms with van der Waals surface area (Å²) in [5.41, 5.74) is 5.48. The lowest BCUT2D eigenvalue weighted by Gasteiger charge is -2.30. The highest BCUT2D eigenvalue weighted by molar-refractivity contribution is 6.03. The molecule has 3 aromatic carbocycles. The van der Waals surface area contributed by atoms with Crippen LogP contribution in [0, 0.1) is 0 Å². The zero-order valence-corrected chi connectivity index (χ0v) is 19.6. The van der Waals surface area contributed by atoms with Gasteiger partial charge in [-0.2, -0.15) is 5.10 Å². The van der Waals surface area contributed by atoms with Crippen LogP contribution in [-0.4, -0.2) is 48.8 Å². The van der Waals surface area contributed by atoms with E-state index in [9.17, 15) is 4.79 Å². The summed E-state index contributed by atoms with van der Waals surface area (Å²) in [6.07, 6.45) is 1.57. The van der Waals surface area contributed by atoms with Crippen LogP contribution in [0.2, 0.25) is 0 Å². The fraction of sp³-hybridized carbons (Fsp3) is 0.286. The van der Waals surface area contributed by atoms with E-state index in [1.165, 1.54) is 11.1 Å². The molecule has 0 fully saturated rings. The first-order chi connectivity index (χ1) is 16.7. The van der Waals surface area contributed by atoms with Gasteiger partial charge in [0.05, 0.1) is 32.5 Å². The lowest BCUT2D eigenvalue weighted by molar-refractivity contribution is -0.134. The molecule has 174 valence electrons. The number of nitrogens with zero attached hydrogens (tertiary/aromatic N) is 3. The van der Waals surface area contributed by atoms with Crippen LogP contribution in [0.15, 0.2) is 77.9 Å². The van der Waals surface area contributed by atoms with Gasteiger partial charge in [-0.25, -0.2) is 5.01 Å². The third-order valence-corrected chi connectivity index (χ3v) is 6.64. The van der Waals surface area contributed by atoms with Crippen molar-refractivity contribution in [1.29, 1.82) is 0 Å². The maximum atomic E-state index is 13.6.